The Bertz CT molecular complexity index is 886. The van der Waals surface area contributed by atoms with E-state index in [4.69, 9.17) is 9.84 Å². The highest BCUT2D eigenvalue weighted by atomic mass is 16.5. The Hall–Kier alpha value is -3.38. The summed E-state index contributed by atoms with van der Waals surface area (Å²) in [6, 6.07) is 23.4. The smallest absolute Gasteiger partial charge is 0.317 e. The molecule has 0 bridgehead atoms. The molecule has 0 aliphatic carbocycles. The quantitative estimate of drug-likeness (QED) is 0.532. The Balaban J connectivity index is 1.66. The molecule has 6 nitrogen and oxygen atoms in total. The zero-order valence-corrected chi connectivity index (χ0v) is 16.4. The van der Waals surface area contributed by atoms with Crippen molar-refractivity contribution in [3.63, 3.8) is 0 Å². The van der Waals surface area contributed by atoms with E-state index in [1.165, 1.54) is 0 Å². The lowest BCUT2D eigenvalue weighted by atomic mass is 10.0. The lowest BCUT2D eigenvalue weighted by molar-refractivity contribution is -0.138. The number of carboxylic acids is 1. The molecule has 0 saturated carbocycles. The number of rotatable bonds is 10. The molecule has 6 heteroatoms. The number of anilines is 1. The fraction of sp³-hybridized carbons (Fsp3) is 0.217. The molecule has 0 aliphatic heterocycles. The van der Waals surface area contributed by atoms with Crippen LogP contribution in [0.4, 0.5) is 5.82 Å². The van der Waals surface area contributed by atoms with Crippen molar-refractivity contribution in [3.05, 3.63) is 84.6 Å². The first-order chi connectivity index (χ1) is 14.1. The molecule has 3 rings (SSSR count). The van der Waals surface area contributed by atoms with Gasteiger partial charge in [0.1, 0.15) is 17.3 Å². The molecule has 0 amide bonds. The number of hydrogen-bond donors (Lipinski definition) is 2. The number of hydrogen-bond acceptors (Lipinski definition) is 5. The maximum absolute atomic E-state index is 10.9. The van der Waals surface area contributed by atoms with Crippen molar-refractivity contribution in [3.8, 4) is 11.5 Å². The molecule has 2 N–H and O–H groups in total. The second-order valence-corrected chi connectivity index (χ2v) is 6.82. The van der Waals surface area contributed by atoms with E-state index in [1.54, 1.807) is 11.1 Å². The highest BCUT2D eigenvalue weighted by molar-refractivity contribution is 5.69. The van der Waals surface area contributed by atoms with E-state index in [-0.39, 0.29) is 12.6 Å². The Kier molecular flexibility index (Phi) is 7.19. The van der Waals surface area contributed by atoms with Gasteiger partial charge in [-0.25, -0.2) is 4.98 Å². The minimum absolute atomic E-state index is 0.0147. The van der Waals surface area contributed by atoms with Crippen LogP contribution in [-0.4, -0.2) is 41.1 Å². The molecule has 0 radical (unpaired) electrons. The van der Waals surface area contributed by atoms with Crippen molar-refractivity contribution in [2.24, 2.45) is 0 Å². The third kappa shape index (κ3) is 6.62. The second kappa shape index (κ2) is 10.2. The molecule has 0 spiro atoms. The van der Waals surface area contributed by atoms with Crippen molar-refractivity contribution in [2.45, 2.75) is 12.5 Å². The van der Waals surface area contributed by atoms with Gasteiger partial charge in [0, 0.05) is 6.54 Å². The number of nitrogens with one attached hydrogen (secondary N) is 1. The molecular weight excluding hydrogens is 366 g/mol. The molecule has 1 atom stereocenters. The molecule has 0 saturated heterocycles. The predicted octanol–water partition coefficient (Wildman–Crippen LogP) is 4.43. The molecule has 0 fully saturated rings. The molecule has 1 aromatic heterocycles. The van der Waals surface area contributed by atoms with Crippen LogP contribution in [0.5, 0.6) is 11.5 Å². The van der Waals surface area contributed by atoms with E-state index in [1.807, 2.05) is 67.7 Å². The van der Waals surface area contributed by atoms with Crippen LogP contribution < -0.4 is 10.1 Å². The Labute approximate surface area is 170 Å². The number of carbonyl (C=O) groups is 1. The van der Waals surface area contributed by atoms with Crippen molar-refractivity contribution in [1.29, 1.82) is 0 Å². The molecule has 150 valence electrons. The topological polar surface area (TPSA) is 74.7 Å². The highest BCUT2D eigenvalue weighted by Gasteiger charge is 2.14. The Morgan fingerprint density at radius 1 is 1.03 bits per heavy atom. The number of nitrogens with zero attached hydrogens (tertiary/aromatic N) is 2. The molecule has 1 unspecified atom stereocenters. The average molecular weight is 391 g/mol. The number of pyridine rings is 1. The van der Waals surface area contributed by atoms with Crippen molar-refractivity contribution in [1.82, 2.24) is 9.88 Å². The number of aromatic nitrogens is 1. The van der Waals surface area contributed by atoms with Gasteiger partial charge in [0.2, 0.25) is 0 Å². The first kappa shape index (κ1) is 20.4. The molecule has 0 aliphatic rings. The summed E-state index contributed by atoms with van der Waals surface area (Å²) < 4.78 is 5.79. The van der Waals surface area contributed by atoms with Gasteiger partial charge in [-0.3, -0.25) is 9.69 Å². The zero-order chi connectivity index (χ0) is 20.5. The number of ether oxygens (including phenoxy) is 1. The van der Waals surface area contributed by atoms with Gasteiger partial charge in [-0.05, 0) is 43.3 Å². The van der Waals surface area contributed by atoms with Gasteiger partial charge in [-0.15, -0.1) is 0 Å². The van der Waals surface area contributed by atoms with Gasteiger partial charge in [0.25, 0.3) is 0 Å². The van der Waals surface area contributed by atoms with Gasteiger partial charge in [-0.2, -0.15) is 0 Å². The first-order valence-corrected chi connectivity index (χ1v) is 9.51. The van der Waals surface area contributed by atoms with Gasteiger partial charge in [0.15, 0.2) is 0 Å². The summed E-state index contributed by atoms with van der Waals surface area (Å²) in [4.78, 5) is 17.2. The standard InChI is InChI=1S/C23H25N3O3/c1-26(17-23(27)28)15-14-21(18-8-4-2-5-9-18)25-22-13-12-20(16-24-22)29-19-10-6-3-7-11-19/h2-13,16,21H,14-15,17H2,1H3,(H,24,25)(H,27,28). The van der Waals surface area contributed by atoms with E-state index in [0.29, 0.717) is 12.3 Å². The van der Waals surface area contributed by atoms with Crippen molar-refractivity contribution >= 4 is 11.8 Å². The minimum Gasteiger partial charge on any atom is -0.480 e. The maximum Gasteiger partial charge on any atom is 0.317 e. The van der Waals surface area contributed by atoms with Crippen LogP contribution >= 0.6 is 0 Å². The first-order valence-electron chi connectivity index (χ1n) is 9.51. The van der Waals surface area contributed by atoms with Crippen LogP contribution in [0.3, 0.4) is 0 Å². The lowest BCUT2D eigenvalue weighted by Crippen LogP contribution is -2.28. The van der Waals surface area contributed by atoms with Crippen LogP contribution in [0.1, 0.15) is 18.0 Å². The maximum atomic E-state index is 10.9. The van der Waals surface area contributed by atoms with E-state index in [2.05, 4.69) is 22.4 Å². The third-order valence-corrected chi connectivity index (χ3v) is 4.44. The van der Waals surface area contributed by atoms with Gasteiger partial charge >= 0.3 is 5.97 Å². The number of para-hydroxylation sites is 1. The summed E-state index contributed by atoms with van der Waals surface area (Å²) in [5, 5.41) is 12.4. The number of carboxylic acid groups (broad SMARTS) is 1. The van der Waals surface area contributed by atoms with E-state index in [9.17, 15) is 4.79 Å². The summed E-state index contributed by atoms with van der Waals surface area (Å²) >= 11 is 0. The van der Waals surface area contributed by atoms with E-state index < -0.39 is 5.97 Å². The molecular formula is C23H25N3O3. The Morgan fingerprint density at radius 3 is 2.34 bits per heavy atom. The summed E-state index contributed by atoms with van der Waals surface area (Å²) in [6.45, 7) is 0.666. The molecule has 1 heterocycles. The summed E-state index contributed by atoms with van der Waals surface area (Å²) in [6.07, 6.45) is 2.44. The van der Waals surface area contributed by atoms with Gasteiger partial charge < -0.3 is 15.2 Å². The number of aliphatic carboxylic acids is 1. The second-order valence-electron chi connectivity index (χ2n) is 6.82. The minimum atomic E-state index is -0.826. The third-order valence-electron chi connectivity index (χ3n) is 4.44. The summed E-state index contributed by atoms with van der Waals surface area (Å²) in [5.41, 5.74) is 1.13. The average Bonchev–Trinajstić information content (AvgIpc) is 2.73. The van der Waals surface area contributed by atoms with Crippen LogP contribution in [0.2, 0.25) is 0 Å². The van der Waals surface area contributed by atoms with Crippen molar-refractivity contribution < 1.29 is 14.6 Å². The summed E-state index contributed by atoms with van der Waals surface area (Å²) in [5.74, 6) is 1.34. The SMILES string of the molecule is CN(CCC(Nc1ccc(Oc2ccccc2)cn1)c1ccccc1)CC(=O)O. The molecule has 29 heavy (non-hydrogen) atoms. The van der Waals surface area contributed by atoms with Crippen LogP contribution in [0.15, 0.2) is 79.0 Å². The van der Waals surface area contributed by atoms with Crippen LogP contribution in [0.25, 0.3) is 0 Å². The fourth-order valence-corrected chi connectivity index (χ4v) is 3.00. The van der Waals surface area contributed by atoms with E-state index >= 15 is 0 Å². The Morgan fingerprint density at radius 2 is 1.72 bits per heavy atom. The molecule has 3 aromatic rings. The summed E-state index contributed by atoms with van der Waals surface area (Å²) in [7, 11) is 1.81. The normalized spacial score (nSPS) is 11.8. The molecule has 2 aromatic carbocycles. The monoisotopic (exact) mass is 391 g/mol. The van der Waals surface area contributed by atoms with Crippen molar-refractivity contribution in [2.75, 3.05) is 25.5 Å². The number of likely N-dealkylation sites (N-methyl/N-ethyl adjacent to an activating group) is 1. The fourth-order valence-electron chi connectivity index (χ4n) is 3.00. The van der Waals surface area contributed by atoms with Crippen LogP contribution in [0, 0.1) is 0 Å². The largest absolute Gasteiger partial charge is 0.480 e. The van der Waals surface area contributed by atoms with Gasteiger partial charge in [-0.1, -0.05) is 48.5 Å². The van der Waals surface area contributed by atoms with E-state index in [0.717, 1.165) is 23.6 Å². The van der Waals surface area contributed by atoms with Crippen LogP contribution in [-0.2, 0) is 4.79 Å². The zero-order valence-electron chi connectivity index (χ0n) is 16.4. The lowest BCUT2D eigenvalue weighted by Gasteiger charge is -2.23. The van der Waals surface area contributed by atoms with Gasteiger partial charge in [0.05, 0.1) is 18.8 Å². The number of benzene rings is 2. The highest BCUT2D eigenvalue weighted by Crippen LogP contribution is 2.25. The predicted molar refractivity (Wildman–Crippen MR) is 113 cm³/mol.